The lowest BCUT2D eigenvalue weighted by atomic mass is 9.93. The van der Waals surface area contributed by atoms with Crippen LogP contribution in [0.4, 0.5) is 0 Å². The Kier molecular flexibility index (Phi) is 13.3. The van der Waals surface area contributed by atoms with E-state index in [0.29, 0.717) is 5.78 Å². The number of rotatable bonds is 16. The Balaban J connectivity index is 1.89. The maximum Gasteiger partial charge on any atom is 0.140 e. The summed E-state index contributed by atoms with van der Waals surface area (Å²) in [5, 5.41) is 0. The van der Waals surface area contributed by atoms with Crippen LogP contribution in [0.25, 0.3) is 0 Å². The Hall–Kier alpha value is -1.11. The molecule has 0 radical (unpaired) electrons. The second-order valence-corrected chi connectivity index (χ2v) is 7.59. The third kappa shape index (κ3) is 11.2. The molecule has 0 amide bonds. The molecule has 0 fully saturated rings. The smallest absolute Gasteiger partial charge is 0.140 e. The highest BCUT2D eigenvalue weighted by atomic mass is 16.1. The number of carbonyl (C=O) groups is 1. The van der Waals surface area contributed by atoms with Crippen molar-refractivity contribution in [2.24, 2.45) is 0 Å². The average Bonchev–Trinajstić information content (AvgIpc) is 2.65. The van der Waals surface area contributed by atoms with Crippen LogP contribution in [-0.2, 0) is 4.79 Å². The predicted molar refractivity (Wildman–Crippen MR) is 110 cm³/mol. The summed E-state index contributed by atoms with van der Waals surface area (Å²) in [4.78, 5) is 12.2. The van der Waals surface area contributed by atoms with Gasteiger partial charge in [0.15, 0.2) is 0 Å². The van der Waals surface area contributed by atoms with Crippen LogP contribution in [0, 0.1) is 0 Å². The Morgan fingerprint density at radius 2 is 1.16 bits per heavy atom. The van der Waals surface area contributed by atoms with Crippen molar-refractivity contribution in [1.82, 2.24) is 0 Å². The highest BCUT2D eigenvalue weighted by molar-refractivity contribution is 5.85. The number of benzene rings is 1. The molecule has 0 bridgehead atoms. The van der Waals surface area contributed by atoms with Gasteiger partial charge in [0, 0.05) is 12.3 Å². The van der Waals surface area contributed by atoms with Crippen LogP contribution in [0.3, 0.4) is 0 Å². The van der Waals surface area contributed by atoms with E-state index in [1.165, 1.54) is 77.0 Å². The molecule has 1 unspecified atom stereocenters. The molecule has 1 nitrogen and oxygen atoms in total. The lowest BCUT2D eigenvalue weighted by Gasteiger charge is -2.10. The minimum atomic E-state index is 0.0542. The standard InChI is InChI=1S/C24H40O/c1-3-4-5-6-7-8-9-10-11-12-13-14-18-21-24(25)22(2)23-19-16-15-17-20-23/h15-17,19-20,22H,3-14,18,21H2,1-2H3. The van der Waals surface area contributed by atoms with Crippen molar-refractivity contribution in [2.45, 2.75) is 110 Å². The lowest BCUT2D eigenvalue weighted by Crippen LogP contribution is -2.08. The van der Waals surface area contributed by atoms with Crippen molar-refractivity contribution in [3.63, 3.8) is 0 Å². The minimum absolute atomic E-state index is 0.0542. The molecule has 0 heterocycles. The summed E-state index contributed by atoms with van der Waals surface area (Å²) < 4.78 is 0. The average molecular weight is 345 g/mol. The van der Waals surface area contributed by atoms with E-state index in [2.05, 4.69) is 19.1 Å². The Labute approximate surface area is 156 Å². The molecule has 0 N–H and O–H groups in total. The van der Waals surface area contributed by atoms with Crippen LogP contribution in [0.1, 0.15) is 115 Å². The van der Waals surface area contributed by atoms with E-state index in [4.69, 9.17) is 0 Å². The van der Waals surface area contributed by atoms with Gasteiger partial charge in [0.25, 0.3) is 0 Å². The molecule has 25 heavy (non-hydrogen) atoms. The van der Waals surface area contributed by atoms with Gasteiger partial charge in [0.2, 0.25) is 0 Å². The third-order valence-corrected chi connectivity index (χ3v) is 5.31. The first-order valence-corrected chi connectivity index (χ1v) is 10.8. The van der Waals surface area contributed by atoms with Crippen molar-refractivity contribution in [3.05, 3.63) is 35.9 Å². The van der Waals surface area contributed by atoms with E-state index in [9.17, 15) is 4.79 Å². The topological polar surface area (TPSA) is 17.1 Å². The first-order chi connectivity index (χ1) is 12.3. The van der Waals surface area contributed by atoms with Gasteiger partial charge in [-0.3, -0.25) is 4.79 Å². The molecule has 0 spiro atoms. The maximum atomic E-state index is 12.2. The quantitative estimate of drug-likeness (QED) is 0.279. The fourth-order valence-electron chi connectivity index (χ4n) is 3.46. The summed E-state index contributed by atoms with van der Waals surface area (Å²) in [6, 6.07) is 10.2. The first-order valence-electron chi connectivity index (χ1n) is 10.8. The zero-order valence-electron chi connectivity index (χ0n) is 16.8. The summed E-state index contributed by atoms with van der Waals surface area (Å²) in [6.07, 6.45) is 18.3. The monoisotopic (exact) mass is 344 g/mol. The summed E-state index contributed by atoms with van der Waals surface area (Å²) in [6.45, 7) is 4.32. The Morgan fingerprint density at radius 1 is 0.720 bits per heavy atom. The van der Waals surface area contributed by atoms with Crippen LogP contribution in [0.15, 0.2) is 30.3 Å². The summed E-state index contributed by atoms with van der Waals surface area (Å²) in [5.74, 6) is 0.452. The highest BCUT2D eigenvalue weighted by Gasteiger charge is 2.13. The van der Waals surface area contributed by atoms with Gasteiger partial charge in [-0.05, 0) is 12.0 Å². The van der Waals surface area contributed by atoms with Crippen LogP contribution in [0.2, 0.25) is 0 Å². The Bertz CT molecular complexity index is 423. The SMILES string of the molecule is CCCCCCCCCCCCCCCC(=O)C(C)c1ccccc1. The number of ketones is 1. The molecule has 0 saturated heterocycles. The number of carbonyl (C=O) groups excluding carboxylic acids is 1. The van der Waals surface area contributed by atoms with Gasteiger partial charge in [-0.15, -0.1) is 0 Å². The van der Waals surface area contributed by atoms with E-state index in [1.54, 1.807) is 0 Å². The largest absolute Gasteiger partial charge is 0.299 e. The van der Waals surface area contributed by atoms with Crippen LogP contribution >= 0.6 is 0 Å². The molecule has 1 aromatic rings. The first kappa shape index (κ1) is 21.9. The van der Waals surface area contributed by atoms with Gasteiger partial charge in [0.05, 0.1) is 0 Å². The van der Waals surface area contributed by atoms with Crippen LogP contribution in [-0.4, -0.2) is 5.78 Å². The van der Waals surface area contributed by atoms with Crippen molar-refractivity contribution >= 4 is 5.78 Å². The molecular formula is C24H40O. The van der Waals surface area contributed by atoms with Crippen molar-refractivity contribution in [2.75, 3.05) is 0 Å². The molecule has 0 saturated carbocycles. The number of hydrogen-bond acceptors (Lipinski definition) is 1. The zero-order valence-corrected chi connectivity index (χ0v) is 16.8. The molecule has 0 aliphatic rings. The predicted octanol–water partition coefficient (Wildman–Crippen LogP) is 7.84. The zero-order chi connectivity index (χ0) is 18.2. The fraction of sp³-hybridized carbons (Fsp3) is 0.708. The van der Waals surface area contributed by atoms with E-state index in [-0.39, 0.29) is 5.92 Å². The number of hydrogen-bond donors (Lipinski definition) is 0. The highest BCUT2D eigenvalue weighted by Crippen LogP contribution is 2.19. The van der Waals surface area contributed by atoms with E-state index in [1.807, 2.05) is 25.1 Å². The van der Waals surface area contributed by atoms with E-state index < -0.39 is 0 Å². The molecule has 0 aliphatic carbocycles. The fourth-order valence-corrected chi connectivity index (χ4v) is 3.46. The normalized spacial score (nSPS) is 12.2. The Morgan fingerprint density at radius 3 is 1.64 bits per heavy atom. The molecule has 0 aromatic heterocycles. The summed E-state index contributed by atoms with van der Waals surface area (Å²) in [5.41, 5.74) is 1.15. The summed E-state index contributed by atoms with van der Waals surface area (Å²) >= 11 is 0. The maximum absolute atomic E-state index is 12.2. The van der Waals surface area contributed by atoms with E-state index in [0.717, 1.165) is 18.4 Å². The van der Waals surface area contributed by atoms with Crippen molar-refractivity contribution in [3.8, 4) is 0 Å². The third-order valence-electron chi connectivity index (χ3n) is 5.31. The molecule has 1 heteroatoms. The lowest BCUT2D eigenvalue weighted by molar-refractivity contribution is -0.120. The van der Waals surface area contributed by atoms with Gasteiger partial charge < -0.3 is 0 Å². The minimum Gasteiger partial charge on any atom is -0.299 e. The van der Waals surface area contributed by atoms with Gasteiger partial charge in [-0.25, -0.2) is 0 Å². The number of unbranched alkanes of at least 4 members (excludes halogenated alkanes) is 12. The van der Waals surface area contributed by atoms with Crippen molar-refractivity contribution < 1.29 is 4.79 Å². The van der Waals surface area contributed by atoms with Crippen molar-refractivity contribution in [1.29, 1.82) is 0 Å². The molecular weight excluding hydrogens is 304 g/mol. The van der Waals surface area contributed by atoms with Gasteiger partial charge in [-0.1, -0.05) is 121 Å². The van der Waals surface area contributed by atoms with Gasteiger partial charge >= 0.3 is 0 Å². The van der Waals surface area contributed by atoms with E-state index >= 15 is 0 Å². The molecule has 1 atom stereocenters. The second kappa shape index (κ2) is 15.2. The summed E-state index contributed by atoms with van der Waals surface area (Å²) in [7, 11) is 0. The molecule has 142 valence electrons. The number of Topliss-reactive ketones (excluding diaryl/α,β-unsaturated/α-hetero) is 1. The van der Waals surface area contributed by atoms with Gasteiger partial charge in [0.1, 0.15) is 5.78 Å². The van der Waals surface area contributed by atoms with Crippen LogP contribution < -0.4 is 0 Å². The molecule has 1 aromatic carbocycles. The van der Waals surface area contributed by atoms with Gasteiger partial charge in [-0.2, -0.15) is 0 Å². The molecule has 0 aliphatic heterocycles. The molecule has 1 rings (SSSR count). The van der Waals surface area contributed by atoms with Crippen LogP contribution in [0.5, 0.6) is 0 Å². The second-order valence-electron chi connectivity index (χ2n) is 7.59.